The van der Waals surface area contributed by atoms with E-state index in [1.54, 1.807) is 50.6 Å². The van der Waals surface area contributed by atoms with E-state index in [2.05, 4.69) is 31.2 Å². The predicted octanol–water partition coefficient (Wildman–Crippen LogP) is 2.56. The fourth-order valence-electron chi connectivity index (χ4n) is 3.54. The standard InChI is InChI=1S/C24H25N7O3/c1-30(2)23(32)18-6-8-21(28-22(18)33-4)29-24-26-10-9-19(27-24)15-5-7-20(16(11-15)12-25)34-17-13-31(3)14-17/h5-11,17H,13-14H2,1-4H3,(H,26,27,28,29). The zero-order valence-corrected chi connectivity index (χ0v) is 19.4. The Labute approximate surface area is 197 Å². The third kappa shape index (κ3) is 4.89. The lowest BCUT2D eigenvalue weighted by molar-refractivity contribution is 0.0386. The lowest BCUT2D eigenvalue weighted by atomic mass is 10.1. The van der Waals surface area contributed by atoms with E-state index >= 15 is 0 Å². The number of likely N-dealkylation sites (N-methyl/N-ethyl adjacent to an activating group) is 1. The molecule has 1 saturated heterocycles. The number of nitriles is 1. The molecule has 2 aromatic heterocycles. The summed E-state index contributed by atoms with van der Waals surface area (Å²) in [6.45, 7) is 1.69. The zero-order chi connectivity index (χ0) is 24.2. The number of benzene rings is 1. The monoisotopic (exact) mass is 459 g/mol. The number of hydrogen-bond donors (Lipinski definition) is 1. The highest BCUT2D eigenvalue weighted by Gasteiger charge is 2.25. The predicted molar refractivity (Wildman–Crippen MR) is 126 cm³/mol. The molecule has 1 N–H and O–H groups in total. The van der Waals surface area contributed by atoms with Gasteiger partial charge in [0.1, 0.15) is 29.3 Å². The first kappa shape index (κ1) is 22.9. The third-order valence-electron chi connectivity index (χ3n) is 5.31. The van der Waals surface area contributed by atoms with Gasteiger partial charge in [0, 0.05) is 38.9 Å². The highest BCUT2D eigenvalue weighted by atomic mass is 16.5. The summed E-state index contributed by atoms with van der Waals surface area (Å²) in [6, 6.07) is 12.7. The summed E-state index contributed by atoms with van der Waals surface area (Å²) in [7, 11) is 6.81. The molecular weight excluding hydrogens is 434 g/mol. The van der Waals surface area contributed by atoms with E-state index in [1.165, 1.54) is 12.0 Å². The number of methoxy groups -OCH3 is 1. The lowest BCUT2D eigenvalue weighted by Gasteiger charge is -2.36. The van der Waals surface area contributed by atoms with Crippen LogP contribution in [0.15, 0.2) is 42.6 Å². The lowest BCUT2D eigenvalue weighted by Crippen LogP contribution is -2.51. The number of carbonyl (C=O) groups excluding carboxylic acids is 1. The molecular formula is C24H25N7O3. The second-order valence-electron chi connectivity index (χ2n) is 8.13. The second-order valence-corrected chi connectivity index (χ2v) is 8.13. The number of ether oxygens (including phenoxy) is 2. The van der Waals surface area contributed by atoms with Gasteiger partial charge in [-0.15, -0.1) is 0 Å². The minimum absolute atomic E-state index is 0.0988. The Morgan fingerprint density at radius 3 is 2.68 bits per heavy atom. The highest BCUT2D eigenvalue weighted by molar-refractivity contribution is 5.96. The number of hydrogen-bond acceptors (Lipinski definition) is 9. The summed E-state index contributed by atoms with van der Waals surface area (Å²) in [4.78, 5) is 29.1. The quantitative estimate of drug-likeness (QED) is 0.569. The van der Waals surface area contributed by atoms with Gasteiger partial charge >= 0.3 is 0 Å². The molecule has 0 atom stereocenters. The number of amides is 1. The molecule has 0 saturated carbocycles. The maximum atomic E-state index is 12.3. The van der Waals surface area contributed by atoms with Gasteiger partial charge in [-0.1, -0.05) is 0 Å². The molecule has 0 aliphatic carbocycles. The number of rotatable bonds is 7. The zero-order valence-electron chi connectivity index (χ0n) is 19.4. The molecule has 10 heteroatoms. The molecule has 1 fully saturated rings. The smallest absolute Gasteiger partial charge is 0.258 e. The number of pyridine rings is 1. The van der Waals surface area contributed by atoms with E-state index in [-0.39, 0.29) is 17.9 Å². The van der Waals surface area contributed by atoms with Crippen LogP contribution in [0.1, 0.15) is 15.9 Å². The van der Waals surface area contributed by atoms with Gasteiger partial charge in [0.25, 0.3) is 5.91 Å². The molecule has 3 heterocycles. The minimum Gasteiger partial charge on any atom is -0.486 e. The summed E-state index contributed by atoms with van der Waals surface area (Å²) in [6.07, 6.45) is 1.72. The van der Waals surface area contributed by atoms with Crippen LogP contribution in [0.3, 0.4) is 0 Å². The second kappa shape index (κ2) is 9.72. The van der Waals surface area contributed by atoms with Crippen molar-refractivity contribution in [3.8, 4) is 29.0 Å². The van der Waals surface area contributed by atoms with Crippen molar-refractivity contribution in [3.63, 3.8) is 0 Å². The Morgan fingerprint density at radius 2 is 2.00 bits per heavy atom. The van der Waals surface area contributed by atoms with Crippen LogP contribution in [0.4, 0.5) is 11.8 Å². The fraction of sp³-hybridized carbons (Fsp3) is 0.292. The normalized spacial score (nSPS) is 13.5. The van der Waals surface area contributed by atoms with E-state index in [1.807, 2.05) is 13.1 Å². The molecule has 3 aromatic rings. The van der Waals surface area contributed by atoms with Gasteiger partial charge in [-0.2, -0.15) is 10.2 Å². The summed E-state index contributed by atoms with van der Waals surface area (Å²) >= 11 is 0. The van der Waals surface area contributed by atoms with E-state index in [0.717, 1.165) is 18.7 Å². The van der Waals surface area contributed by atoms with Crippen molar-refractivity contribution < 1.29 is 14.3 Å². The van der Waals surface area contributed by atoms with Crippen molar-refractivity contribution in [3.05, 3.63) is 53.7 Å². The van der Waals surface area contributed by atoms with E-state index in [4.69, 9.17) is 9.47 Å². The molecule has 4 rings (SSSR count). The maximum Gasteiger partial charge on any atom is 0.258 e. The van der Waals surface area contributed by atoms with Crippen molar-refractivity contribution in [2.75, 3.05) is 46.7 Å². The van der Waals surface area contributed by atoms with Gasteiger partial charge < -0.3 is 19.7 Å². The number of nitrogens with one attached hydrogen (secondary N) is 1. The number of nitrogens with zero attached hydrogens (tertiary/aromatic N) is 6. The molecule has 1 amide bonds. The first-order valence-corrected chi connectivity index (χ1v) is 10.6. The third-order valence-corrected chi connectivity index (χ3v) is 5.31. The Balaban J connectivity index is 1.54. The molecule has 0 spiro atoms. The Kier molecular flexibility index (Phi) is 6.56. The van der Waals surface area contributed by atoms with Crippen LogP contribution in [-0.4, -0.2) is 78.1 Å². The van der Waals surface area contributed by atoms with Crippen molar-refractivity contribution >= 4 is 17.7 Å². The average Bonchev–Trinajstić information content (AvgIpc) is 2.82. The van der Waals surface area contributed by atoms with Gasteiger partial charge in [-0.3, -0.25) is 9.69 Å². The van der Waals surface area contributed by atoms with Crippen LogP contribution in [0.25, 0.3) is 11.3 Å². The largest absolute Gasteiger partial charge is 0.486 e. The minimum atomic E-state index is -0.209. The van der Waals surface area contributed by atoms with Gasteiger partial charge in [0.15, 0.2) is 0 Å². The molecule has 34 heavy (non-hydrogen) atoms. The summed E-state index contributed by atoms with van der Waals surface area (Å²) in [5.74, 6) is 1.30. The molecule has 10 nitrogen and oxygen atoms in total. The van der Waals surface area contributed by atoms with Crippen molar-refractivity contribution in [2.45, 2.75) is 6.10 Å². The first-order valence-electron chi connectivity index (χ1n) is 10.6. The Morgan fingerprint density at radius 1 is 1.21 bits per heavy atom. The Bertz CT molecular complexity index is 1250. The van der Waals surface area contributed by atoms with Crippen molar-refractivity contribution in [1.82, 2.24) is 24.8 Å². The molecule has 1 aliphatic heterocycles. The van der Waals surface area contributed by atoms with Crippen LogP contribution < -0.4 is 14.8 Å². The first-order chi connectivity index (χ1) is 16.4. The fourth-order valence-corrected chi connectivity index (χ4v) is 3.54. The maximum absolute atomic E-state index is 12.3. The topological polar surface area (TPSA) is 116 Å². The Hall–Kier alpha value is -4.23. The van der Waals surface area contributed by atoms with Gasteiger partial charge in [0.2, 0.25) is 11.8 Å². The number of likely N-dealkylation sites (tertiary alicyclic amines) is 1. The van der Waals surface area contributed by atoms with E-state index in [9.17, 15) is 10.1 Å². The molecule has 1 aliphatic rings. The van der Waals surface area contributed by atoms with Crippen LogP contribution >= 0.6 is 0 Å². The van der Waals surface area contributed by atoms with Gasteiger partial charge in [0.05, 0.1) is 18.4 Å². The van der Waals surface area contributed by atoms with Gasteiger partial charge in [-0.25, -0.2) is 9.97 Å². The van der Waals surface area contributed by atoms with Crippen LogP contribution in [0, 0.1) is 11.3 Å². The van der Waals surface area contributed by atoms with Crippen molar-refractivity contribution in [1.29, 1.82) is 5.26 Å². The molecule has 1 aromatic carbocycles. The van der Waals surface area contributed by atoms with Crippen LogP contribution in [0.5, 0.6) is 11.6 Å². The SMILES string of the molecule is COc1nc(Nc2nccc(-c3ccc(OC4CN(C)C4)c(C#N)c3)n2)ccc1C(=O)N(C)C. The summed E-state index contributed by atoms with van der Waals surface area (Å²) in [5.41, 5.74) is 2.20. The van der Waals surface area contributed by atoms with E-state index < -0.39 is 0 Å². The molecule has 174 valence electrons. The molecule has 0 radical (unpaired) electrons. The molecule has 0 bridgehead atoms. The number of anilines is 2. The highest BCUT2D eigenvalue weighted by Crippen LogP contribution is 2.28. The number of carbonyl (C=O) groups is 1. The molecule has 0 unspecified atom stereocenters. The van der Waals surface area contributed by atoms with E-state index in [0.29, 0.717) is 34.3 Å². The van der Waals surface area contributed by atoms with Gasteiger partial charge in [-0.05, 0) is 43.4 Å². The number of aromatic nitrogens is 3. The van der Waals surface area contributed by atoms with Crippen LogP contribution in [0.2, 0.25) is 0 Å². The average molecular weight is 460 g/mol. The van der Waals surface area contributed by atoms with Crippen molar-refractivity contribution in [2.24, 2.45) is 0 Å². The summed E-state index contributed by atoms with van der Waals surface area (Å²) in [5, 5.41) is 12.6. The summed E-state index contributed by atoms with van der Waals surface area (Å²) < 4.78 is 11.2. The van der Waals surface area contributed by atoms with Crippen LogP contribution in [-0.2, 0) is 0 Å².